The summed E-state index contributed by atoms with van der Waals surface area (Å²) in [4.78, 5) is 5.57. The van der Waals surface area contributed by atoms with E-state index >= 15 is 0 Å². The Kier molecular flexibility index (Phi) is 5.58. The van der Waals surface area contributed by atoms with E-state index < -0.39 is 0 Å². The number of ether oxygens (including phenoxy) is 1. The zero-order chi connectivity index (χ0) is 14.5. The van der Waals surface area contributed by atoms with Crippen LogP contribution in [0.25, 0.3) is 0 Å². The van der Waals surface area contributed by atoms with E-state index in [4.69, 9.17) is 4.74 Å². The van der Waals surface area contributed by atoms with Crippen molar-refractivity contribution in [3.63, 3.8) is 0 Å². The zero-order valence-electron chi connectivity index (χ0n) is 14.0. The molecule has 0 amide bonds. The number of hydrogen-bond donors (Lipinski definition) is 0. The number of nitrogens with zero attached hydrogens (tertiary/aromatic N) is 2. The van der Waals surface area contributed by atoms with Gasteiger partial charge in [-0.25, -0.2) is 0 Å². The lowest BCUT2D eigenvalue weighted by molar-refractivity contribution is -0.0193. The summed E-state index contributed by atoms with van der Waals surface area (Å²) in [7, 11) is 0. The highest BCUT2D eigenvalue weighted by Crippen LogP contribution is 2.38. The quantitative estimate of drug-likeness (QED) is 0.747. The maximum absolute atomic E-state index is 6.03. The molecule has 3 fully saturated rings. The Balaban J connectivity index is 1.57. The Labute approximate surface area is 131 Å². The first-order valence-electron chi connectivity index (χ1n) is 9.41. The third-order valence-electron chi connectivity index (χ3n) is 5.85. The van der Waals surface area contributed by atoms with Crippen LogP contribution >= 0.6 is 0 Å². The molecule has 0 aromatic rings. The molecule has 0 radical (unpaired) electrons. The first kappa shape index (κ1) is 15.8. The number of rotatable bonds is 6. The fraction of sp³-hybridized carbons (Fsp3) is 1.00. The topological polar surface area (TPSA) is 15.7 Å². The summed E-state index contributed by atoms with van der Waals surface area (Å²) in [6.07, 6.45) is 12.8. The van der Waals surface area contributed by atoms with Crippen LogP contribution in [0.2, 0.25) is 0 Å². The van der Waals surface area contributed by atoms with Crippen molar-refractivity contribution in [2.45, 2.75) is 76.4 Å². The Morgan fingerprint density at radius 3 is 2.48 bits per heavy atom. The predicted octanol–water partition coefficient (Wildman–Crippen LogP) is 3.29. The second-order valence-electron chi connectivity index (χ2n) is 7.50. The minimum absolute atomic E-state index is 0.496. The average molecular weight is 294 g/mol. The van der Waals surface area contributed by atoms with Crippen molar-refractivity contribution in [2.24, 2.45) is 0 Å². The van der Waals surface area contributed by atoms with Crippen molar-refractivity contribution >= 4 is 0 Å². The lowest BCUT2D eigenvalue weighted by Crippen LogP contribution is -2.55. The Morgan fingerprint density at radius 2 is 1.76 bits per heavy atom. The van der Waals surface area contributed by atoms with Gasteiger partial charge in [-0.3, -0.25) is 9.80 Å². The van der Waals surface area contributed by atoms with Gasteiger partial charge in [0.15, 0.2) is 0 Å². The third kappa shape index (κ3) is 3.80. The van der Waals surface area contributed by atoms with Crippen LogP contribution in [0, 0.1) is 0 Å². The highest BCUT2D eigenvalue weighted by molar-refractivity contribution is 4.99. The largest absolute Gasteiger partial charge is 0.377 e. The number of piperidine rings is 1. The summed E-state index contributed by atoms with van der Waals surface area (Å²) in [5.74, 6) is 0. The normalized spacial score (nSPS) is 31.0. The molecule has 122 valence electrons. The van der Waals surface area contributed by atoms with Crippen LogP contribution in [-0.2, 0) is 4.74 Å². The molecule has 3 nitrogen and oxygen atoms in total. The van der Waals surface area contributed by atoms with E-state index in [-0.39, 0.29) is 0 Å². The van der Waals surface area contributed by atoms with E-state index in [0.717, 1.165) is 13.0 Å². The van der Waals surface area contributed by atoms with Gasteiger partial charge in [0.1, 0.15) is 0 Å². The van der Waals surface area contributed by atoms with E-state index in [1.807, 2.05) is 0 Å². The van der Waals surface area contributed by atoms with Crippen molar-refractivity contribution in [2.75, 3.05) is 39.3 Å². The fourth-order valence-electron chi connectivity index (χ4n) is 4.79. The molecule has 1 saturated carbocycles. The molecule has 2 aliphatic heterocycles. The molecular formula is C18H34N2O. The maximum atomic E-state index is 6.03. The van der Waals surface area contributed by atoms with Crippen molar-refractivity contribution in [3.05, 3.63) is 0 Å². The second kappa shape index (κ2) is 7.43. The molecule has 21 heavy (non-hydrogen) atoms. The lowest BCUT2D eigenvalue weighted by Gasteiger charge is -2.44. The van der Waals surface area contributed by atoms with Gasteiger partial charge in [0.25, 0.3) is 0 Å². The molecule has 0 bridgehead atoms. The Bertz CT molecular complexity index is 308. The molecule has 0 spiro atoms. The second-order valence-corrected chi connectivity index (χ2v) is 7.50. The minimum Gasteiger partial charge on any atom is -0.377 e. The molecule has 2 heterocycles. The third-order valence-corrected chi connectivity index (χ3v) is 5.85. The summed E-state index contributed by atoms with van der Waals surface area (Å²) < 4.78 is 6.03. The van der Waals surface area contributed by atoms with Gasteiger partial charge in [-0.15, -0.1) is 0 Å². The van der Waals surface area contributed by atoms with Crippen molar-refractivity contribution in [3.8, 4) is 0 Å². The van der Waals surface area contributed by atoms with Gasteiger partial charge in [-0.05, 0) is 64.6 Å². The number of likely N-dealkylation sites (tertiary alicyclic amines) is 2. The van der Waals surface area contributed by atoms with Crippen LogP contribution in [0.5, 0.6) is 0 Å². The van der Waals surface area contributed by atoms with Gasteiger partial charge in [0, 0.05) is 25.2 Å². The van der Waals surface area contributed by atoms with E-state index in [1.165, 1.54) is 84.1 Å². The molecule has 2 saturated heterocycles. The van der Waals surface area contributed by atoms with Crippen molar-refractivity contribution in [1.29, 1.82) is 0 Å². The first-order valence-corrected chi connectivity index (χ1v) is 9.41. The smallest absolute Gasteiger partial charge is 0.0702 e. The van der Waals surface area contributed by atoms with E-state index in [0.29, 0.717) is 11.6 Å². The summed E-state index contributed by atoms with van der Waals surface area (Å²) in [6, 6.07) is 0. The highest BCUT2D eigenvalue weighted by atomic mass is 16.5. The molecule has 3 aliphatic rings. The van der Waals surface area contributed by atoms with E-state index in [1.54, 1.807) is 0 Å². The summed E-state index contributed by atoms with van der Waals surface area (Å²) in [6.45, 7) is 9.63. The molecule has 1 aliphatic carbocycles. The first-order chi connectivity index (χ1) is 10.3. The van der Waals surface area contributed by atoms with E-state index in [9.17, 15) is 0 Å². The van der Waals surface area contributed by atoms with Crippen LogP contribution in [0.15, 0.2) is 0 Å². The molecule has 1 unspecified atom stereocenters. The molecule has 3 rings (SSSR count). The average Bonchev–Trinajstić information content (AvgIpc) is 3.17. The van der Waals surface area contributed by atoms with Gasteiger partial charge in [-0.2, -0.15) is 0 Å². The molecule has 3 heteroatoms. The van der Waals surface area contributed by atoms with Gasteiger partial charge < -0.3 is 4.74 Å². The van der Waals surface area contributed by atoms with Gasteiger partial charge >= 0.3 is 0 Å². The lowest BCUT2D eigenvalue weighted by atomic mass is 9.93. The Morgan fingerprint density at radius 1 is 1.00 bits per heavy atom. The molecular weight excluding hydrogens is 260 g/mol. The van der Waals surface area contributed by atoms with Crippen LogP contribution in [0.4, 0.5) is 0 Å². The molecule has 0 aromatic carbocycles. The fourth-order valence-corrected chi connectivity index (χ4v) is 4.79. The van der Waals surface area contributed by atoms with Crippen molar-refractivity contribution in [1.82, 2.24) is 9.80 Å². The van der Waals surface area contributed by atoms with Gasteiger partial charge in [0.05, 0.1) is 6.10 Å². The highest BCUT2D eigenvalue weighted by Gasteiger charge is 2.42. The summed E-state index contributed by atoms with van der Waals surface area (Å²) in [5.41, 5.74) is 0.517. The standard InChI is InChI=1S/C18H34N2O/c1-2-14-21-17-8-7-11-19(15-17)16-18(9-3-4-10-18)20-12-5-6-13-20/h17H,2-16H2,1H3. The zero-order valence-corrected chi connectivity index (χ0v) is 14.0. The van der Waals surface area contributed by atoms with Crippen LogP contribution in [0.1, 0.15) is 64.7 Å². The van der Waals surface area contributed by atoms with Gasteiger partial charge in [0.2, 0.25) is 0 Å². The SMILES string of the molecule is CCCOC1CCCN(CC2(N3CCCC3)CCCC2)C1. The van der Waals surface area contributed by atoms with Crippen LogP contribution in [0.3, 0.4) is 0 Å². The monoisotopic (exact) mass is 294 g/mol. The maximum Gasteiger partial charge on any atom is 0.0702 e. The predicted molar refractivity (Wildman–Crippen MR) is 87.7 cm³/mol. The minimum atomic E-state index is 0.496. The van der Waals surface area contributed by atoms with Crippen LogP contribution in [-0.4, -0.2) is 60.8 Å². The molecule has 0 aromatic heterocycles. The van der Waals surface area contributed by atoms with Gasteiger partial charge in [-0.1, -0.05) is 19.8 Å². The van der Waals surface area contributed by atoms with Crippen LogP contribution < -0.4 is 0 Å². The Hall–Kier alpha value is -0.120. The molecule has 0 N–H and O–H groups in total. The van der Waals surface area contributed by atoms with E-state index in [2.05, 4.69) is 16.7 Å². The summed E-state index contributed by atoms with van der Waals surface area (Å²) >= 11 is 0. The summed E-state index contributed by atoms with van der Waals surface area (Å²) in [5, 5.41) is 0. The number of hydrogen-bond acceptors (Lipinski definition) is 3. The van der Waals surface area contributed by atoms with Crippen molar-refractivity contribution < 1.29 is 4.74 Å². The molecule has 1 atom stereocenters.